The molecule has 0 fully saturated rings. The molecule has 1 amide bonds. The van der Waals surface area contributed by atoms with Crippen LogP contribution in [-0.4, -0.2) is 11.3 Å². The fourth-order valence-corrected chi connectivity index (χ4v) is 0.958. The number of amides is 1. The van der Waals surface area contributed by atoms with E-state index >= 15 is 0 Å². The Morgan fingerprint density at radius 3 is 3.10 bits per heavy atom. The van der Waals surface area contributed by atoms with E-state index < -0.39 is 0 Å². The van der Waals surface area contributed by atoms with Crippen LogP contribution in [-0.2, 0) is 4.79 Å². The first-order valence-corrected chi connectivity index (χ1v) is 3.35. The van der Waals surface area contributed by atoms with Crippen molar-refractivity contribution in [2.24, 2.45) is 0 Å². The summed E-state index contributed by atoms with van der Waals surface area (Å²) in [5.41, 5.74) is 0.743. The summed E-state index contributed by atoms with van der Waals surface area (Å²) in [6.45, 7) is 0. The van der Waals surface area contributed by atoms with Crippen LogP contribution in [0.4, 0.5) is 0 Å². The van der Waals surface area contributed by atoms with Gasteiger partial charge in [0.1, 0.15) is 0 Å². The van der Waals surface area contributed by atoms with Crippen LogP contribution in [0.3, 0.4) is 0 Å². The van der Waals surface area contributed by atoms with E-state index in [1.807, 2.05) is 12.2 Å². The molecule has 0 aromatic carbocycles. The quantitative estimate of drug-likeness (QED) is 0.472. The van der Waals surface area contributed by atoms with Crippen molar-refractivity contribution in [1.82, 2.24) is 5.32 Å². The summed E-state index contributed by atoms with van der Waals surface area (Å²) >= 11 is 4.95. The first-order chi connectivity index (χ1) is 4.84. The van der Waals surface area contributed by atoms with Gasteiger partial charge in [-0.15, -0.1) is 0 Å². The van der Waals surface area contributed by atoms with Crippen molar-refractivity contribution in [3.8, 4) is 0 Å². The van der Waals surface area contributed by atoms with Gasteiger partial charge in [0.2, 0.25) is 6.41 Å². The molecule has 1 N–H and O–H groups in total. The van der Waals surface area contributed by atoms with Crippen molar-refractivity contribution >= 4 is 23.5 Å². The summed E-state index contributed by atoms with van der Waals surface area (Å²) in [4.78, 5) is 10.8. The summed E-state index contributed by atoms with van der Waals surface area (Å²) in [5, 5.41) is 2.52. The monoisotopic (exact) mass is 153 g/mol. The van der Waals surface area contributed by atoms with Crippen LogP contribution in [0.5, 0.6) is 0 Å². The van der Waals surface area contributed by atoms with Gasteiger partial charge in [-0.2, -0.15) is 0 Å². The molecule has 1 rings (SSSR count). The van der Waals surface area contributed by atoms with Crippen molar-refractivity contribution in [2.75, 3.05) is 0 Å². The third-order valence-corrected chi connectivity index (χ3v) is 1.60. The number of rotatable bonds is 2. The van der Waals surface area contributed by atoms with Crippen LogP contribution < -0.4 is 5.32 Å². The van der Waals surface area contributed by atoms with E-state index in [0.717, 1.165) is 17.0 Å². The molecular weight excluding hydrogens is 146 g/mol. The zero-order valence-corrected chi connectivity index (χ0v) is 6.15. The highest BCUT2D eigenvalue weighted by atomic mass is 32.1. The molecule has 0 unspecified atom stereocenters. The summed E-state index contributed by atoms with van der Waals surface area (Å²) in [7, 11) is 0. The van der Waals surface area contributed by atoms with Gasteiger partial charge in [-0.3, -0.25) is 4.79 Å². The standard InChI is InChI=1S/C7H7NOS/c9-5-8-6-3-1-2-4-7(6)10/h1-3,5H,4H2,(H,8,9). The smallest absolute Gasteiger partial charge is 0.211 e. The SMILES string of the molecule is O=CNC1=CC=CCC1=S. The molecule has 0 spiro atoms. The largest absolute Gasteiger partial charge is 0.328 e. The maximum atomic E-state index is 9.98. The van der Waals surface area contributed by atoms with Gasteiger partial charge in [-0.05, 0) is 6.08 Å². The Hall–Kier alpha value is -0.960. The fourth-order valence-electron chi connectivity index (χ4n) is 0.734. The van der Waals surface area contributed by atoms with Crippen molar-refractivity contribution in [3.63, 3.8) is 0 Å². The molecule has 0 saturated carbocycles. The normalized spacial score (nSPS) is 16.4. The number of carbonyl (C=O) groups is 1. The second-order valence-corrected chi connectivity index (χ2v) is 2.39. The van der Waals surface area contributed by atoms with Gasteiger partial charge < -0.3 is 5.32 Å². The lowest BCUT2D eigenvalue weighted by Crippen LogP contribution is -2.18. The number of hydrogen-bond acceptors (Lipinski definition) is 2. The van der Waals surface area contributed by atoms with Gasteiger partial charge in [0.15, 0.2) is 0 Å². The van der Waals surface area contributed by atoms with Crippen LogP contribution in [0.25, 0.3) is 0 Å². The summed E-state index contributed by atoms with van der Waals surface area (Å²) in [5.74, 6) is 0. The lowest BCUT2D eigenvalue weighted by molar-refractivity contribution is -0.108. The summed E-state index contributed by atoms with van der Waals surface area (Å²) in [6.07, 6.45) is 7.01. The maximum absolute atomic E-state index is 9.98. The minimum Gasteiger partial charge on any atom is -0.328 e. The molecule has 0 aliphatic heterocycles. The molecule has 1 aliphatic rings. The maximum Gasteiger partial charge on any atom is 0.211 e. The summed E-state index contributed by atoms with van der Waals surface area (Å²) < 4.78 is 0. The minimum atomic E-state index is 0.636. The van der Waals surface area contributed by atoms with E-state index in [4.69, 9.17) is 12.2 Å². The zero-order valence-electron chi connectivity index (χ0n) is 5.33. The topological polar surface area (TPSA) is 29.1 Å². The van der Waals surface area contributed by atoms with Crippen LogP contribution in [0.1, 0.15) is 6.42 Å². The molecule has 0 atom stereocenters. The second-order valence-electron chi connectivity index (χ2n) is 1.90. The Balaban J connectivity index is 2.70. The molecule has 0 aromatic rings. The Bertz CT molecular complexity index is 218. The van der Waals surface area contributed by atoms with E-state index in [-0.39, 0.29) is 0 Å². The third kappa shape index (κ3) is 1.51. The molecule has 0 heterocycles. The number of thiocarbonyl (C=S) groups is 1. The van der Waals surface area contributed by atoms with E-state index in [1.165, 1.54) is 0 Å². The lowest BCUT2D eigenvalue weighted by atomic mass is 10.1. The van der Waals surface area contributed by atoms with E-state index in [9.17, 15) is 4.79 Å². The minimum absolute atomic E-state index is 0.636. The number of carbonyl (C=O) groups excluding carboxylic acids is 1. The lowest BCUT2D eigenvalue weighted by Gasteiger charge is -2.07. The van der Waals surface area contributed by atoms with Gasteiger partial charge in [0, 0.05) is 11.3 Å². The number of nitrogens with one attached hydrogen (secondary N) is 1. The van der Waals surface area contributed by atoms with E-state index in [2.05, 4.69) is 5.32 Å². The van der Waals surface area contributed by atoms with Crippen molar-refractivity contribution < 1.29 is 4.79 Å². The third-order valence-electron chi connectivity index (χ3n) is 1.22. The van der Waals surface area contributed by atoms with E-state index in [1.54, 1.807) is 6.08 Å². The summed E-state index contributed by atoms with van der Waals surface area (Å²) in [6, 6.07) is 0. The molecule has 1 aliphatic carbocycles. The first kappa shape index (κ1) is 7.15. The number of hydrogen-bond donors (Lipinski definition) is 1. The van der Waals surface area contributed by atoms with Gasteiger partial charge in [-0.25, -0.2) is 0 Å². The van der Waals surface area contributed by atoms with Crippen LogP contribution in [0.15, 0.2) is 23.9 Å². The molecule has 0 radical (unpaired) electrons. The second kappa shape index (κ2) is 3.27. The first-order valence-electron chi connectivity index (χ1n) is 2.95. The molecular formula is C7H7NOS. The zero-order chi connectivity index (χ0) is 7.40. The van der Waals surface area contributed by atoms with Crippen LogP contribution in [0.2, 0.25) is 0 Å². The highest BCUT2D eigenvalue weighted by molar-refractivity contribution is 7.80. The van der Waals surface area contributed by atoms with Crippen molar-refractivity contribution in [1.29, 1.82) is 0 Å². The molecule has 3 heteroatoms. The van der Waals surface area contributed by atoms with Gasteiger partial charge in [0.25, 0.3) is 0 Å². The van der Waals surface area contributed by atoms with Crippen LogP contribution in [0, 0.1) is 0 Å². The van der Waals surface area contributed by atoms with Gasteiger partial charge in [-0.1, -0.05) is 24.4 Å². The molecule has 0 bridgehead atoms. The molecule has 2 nitrogen and oxygen atoms in total. The Labute approximate surface area is 64.6 Å². The Morgan fingerprint density at radius 2 is 2.50 bits per heavy atom. The average Bonchev–Trinajstić information content (AvgIpc) is 1.94. The van der Waals surface area contributed by atoms with E-state index in [0.29, 0.717) is 6.41 Å². The predicted molar refractivity (Wildman–Crippen MR) is 43.6 cm³/mol. The van der Waals surface area contributed by atoms with Gasteiger partial charge in [0.05, 0.1) is 5.70 Å². The highest BCUT2D eigenvalue weighted by Gasteiger charge is 2.03. The predicted octanol–water partition coefficient (Wildman–Crippen LogP) is 0.946. The fraction of sp³-hybridized carbons (Fsp3) is 0.143. The Kier molecular flexibility index (Phi) is 2.34. The molecule has 0 saturated heterocycles. The van der Waals surface area contributed by atoms with Crippen molar-refractivity contribution in [3.05, 3.63) is 23.9 Å². The molecule has 10 heavy (non-hydrogen) atoms. The van der Waals surface area contributed by atoms with Crippen LogP contribution >= 0.6 is 12.2 Å². The Morgan fingerprint density at radius 1 is 1.70 bits per heavy atom. The molecule has 0 aromatic heterocycles. The average molecular weight is 153 g/mol. The van der Waals surface area contributed by atoms with Crippen molar-refractivity contribution in [2.45, 2.75) is 6.42 Å². The van der Waals surface area contributed by atoms with Gasteiger partial charge >= 0.3 is 0 Å². The highest BCUT2D eigenvalue weighted by Crippen LogP contribution is 2.05. The number of allylic oxidation sites excluding steroid dienone is 4. The molecule has 52 valence electrons.